The van der Waals surface area contributed by atoms with Gasteiger partial charge in [-0.3, -0.25) is 0 Å². The van der Waals surface area contributed by atoms with E-state index >= 15 is 0 Å². The van der Waals surface area contributed by atoms with Gasteiger partial charge in [0.2, 0.25) is 0 Å². The number of aryl methyl sites for hydroxylation is 1. The predicted octanol–water partition coefficient (Wildman–Crippen LogP) is 3.55. The molecule has 0 amide bonds. The highest BCUT2D eigenvalue weighted by Gasteiger charge is 2.26. The number of aromatic nitrogens is 3. The van der Waals surface area contributed by atoms with Crippen LogP contribution in [-0.4, -0.2) is 40.3 Å². The summed E-state index contributed by atoms with van der Waals surface area (Å²) in [6.45, 7) is 4.92. The van der Waals surface area contributed by atoms with Crippen molar-refractivity contribution < 1.29 is 14.3 Å². The van der Waals surface area contributed by atoms with E-state index in [1.165, 1.54) is 0 Å². The third kappa shape index (κ3) is 3.88. The molecule has 0 bridgehead atoms. The average Bonchev–Trinajstić information content (AvgIpc) is 2.91. The molecule has 144 valence electrons. The van der Waals surface area contributed by atoms with Gasteiger partial charge in [0.1, 0.15) is 23.0 Å². The molecule has 2 N–H and O–H groups in total. The molecule has 0 spiro atoms. The van der Waals surface area contributed by atoms with Crippen LogP contribution in [0.3, 0.4) is 0 Å². The molecule has 0 aliphatic rings. The number of esters is 1. The van der Waals surface area contributed by atoms with E-state index in [1.54, 1.807) is 14.0 Å². The number of ether oxygens (including phenoxy) is 2. The van der Waals surface area contributed by atoms with Gasteiger partial charge in [0, 0.05) is 13.7 Å². The number of nitrogens with two attached hydrogens (primary N) is 1. The van der Waals surface area contributed by atoms with Crippen LogP contribution in [0.4, 0.5) is 5.82 Å². The summed E-state index contributed by atoms with van der Waals surface area (Å²) < 4.78 is 12.4. The molecule has 7 nitrogen and oxygen atoms in total. The van der Waals surface area contributed by atoms with Gasteiger partial charge in [-0.2, -0.15) is 0 Å². The van der Waals surface area contributed by atoms with Crippen LogP contribution in [0.2, 0.25) is 0 Å². The second-order valence-corrected chi connectivity index (χ2v) is 6.67. The van der Waals surface area contributed by atoms with Gasteiger partial charge in [-0.25, -0.2) is 14.8 Å². The fourth-order valence-corrected chi connectivity index (χ4v) is 3.17. The Bertz CT molecular complexity index is 951. The molecule has 0 radical (unpaired) electrons. The molecule has 27 heavy (non-hydrogen) atoms. The number of nitrogen functional groups attached to an aromatic ring is 1. The number of fused-ring (bicyclic) bond motifs is 2. The number of benzene rings is 1. The number of carbonyl (C=O) groups is 1. The van der Waals surface area contributed by atoms with Crippen LogP contribution in [-0.2, 0) is 16.0 Å². The van der Waals surface area contributed by atoms with Gasteiger partial charge in [0.15, 0.2) is 5.65 Å². The summed E-state index contributed by atoms with van der Waals surface area (Å²) in [5, 5.41) is 0. The zero-order valence-corrected chi connectivity index (χ0v) is 16.1. The largest absolute Gasteiger partial charge is 0.456 e. The fourth-order valence-electron chi connectivity index (χ4n) is 3.17. The highest BCUT2D eigenvalue weighted by Crippen LogP contribution is 2.29. The Labute approximate surface area is 158 Å². The molecule has 1 atom stereocenters. The lowest BCUT2D eigenvalue weighted by Crippen LogP contribution is -2.20. The number of rotatable bonds is 8. The monoisotopic (exact) mass is 370 g/mol. The standard InChI is InChI=1S/C20H26N4O3/c1-4-5-8-11-24-18(21)16(20(25)27-13(2)12-26-3)17-19(24)23-15-10-7-6-9-14(15)22-17/h6-7,9-10,13H,4-5,8,11-12,21H2,1-3H3/t13-/m0/s1. The van der Waals surface area contributed by atoms with E-state index in [9.17, 15) is 4.79 Å². The summed E-state index contributed by atoms with van der Waals surface area (Å²) in [4.78, 5) is 22.2. The lowest BCUT2D eigenvalue weighted by Gasteiger charge is -2.12. The molecule has 0 aliphatic heterocycles. The maximum Gasteiger partial charge on any atom is 0.344 e. The summed E-state index contributed by atoms with van der Waals surface area (Å²) in [6.07, 6.45) is 2.74. The lowest BCUT2D eigenvalue weighted by molar-refractivity contribution is 0.0123. The minimum atomic E-state index is -0.499. The molecule has 1 aromatic carbocycles. The SMILES string of the molecule is CCCCCn1c(N)c(C(=O)O[C@@H](C)COC)c2nc3ccccc3nc21. The van der Waals surface area contributed by atoms with Crippen molar-refractivity contribution in [3.05, 3.63) is 29.8 Å². The van der Waals surface area contributed by atoms with E-state index < -0.39 is 5.97 Å². The van der Waals surface area contributed by atoms with Crippen molar-refractivity contribution in [2.24, 2.45) is 0 Å². The first-order valence-electron chi connectivity index (χ1n) is 9.31. The van der Waals surface area contributed by atoms with Crippen LogP contribution in [0.1, 0.15) is 43.5 Å². The first kappa shape index (κ1) is 19.1. The molecule has 0 aliphatic carbocycles. The van der Waals surface area contributed by atoms with Crippen molar-refractivity contribution in [1.82, 2.24) is 14.5 Å². The number of anilines is 1. The van der Waals surface area contributed by atoms with Gasteiger partial charge >= 0.3 is 5.97 Å². The van der Waals surface area contributed by atoms with Gasteiger partial charge in [-0.1, -0.05) is 31.9 Å². The lowest BCUT2D eigenvalue weighted by atomic mass is 10.2. The number of unbranched alkanes of at least 4 members (excludes halogenated alkanes) is 2. The summed E-state index contributed by atoms with van der Waals surface area (Å²) >= 11 is 0. The molecule has 7 heteroatoms. The van der Waals surface area contributed by atoms with E-state index in [0.29, 0.717) is 30.1 Å². The Morgan fingerprint density at radius 3 is 2.59 bits per heavy atom. The van der Waals surface area contributed by atoms with Crippen LogP contribution in [0.15, 0.2) is 24.3 Å². The van der Waals surface area contributed by atoms with Crippen molar-refractivity contribution in [2.45, 2.75) is 45.8 Å². The van der Waals surface area contributed by atoms with Crippen LogP contribution in [0.25, 0.3) is 22.2 Å². The van der Waals surface area contributed by atoms with Crippen LogP contribution < -0.4 is 5.73 Å². The van der Waals surface area contributed by atoms with Crippen molar-refractivity contribution in [3.63, 3.8) is 0 Å². The van der Waals surface area contributed by atoms with E-state index in [4.69, 9.17) is 20.2 Å². The molecule has 2 aromatic heterocycles. The maximum absolute atomic E-state index is 12.8. The number of nitrogens with zero attached hydrogens (tertiary/aromatic N) is 3. The van der Waals surface area contributed by atoms with Crippen molar-refractivity contribution in [2.75, 3.05) is 19.5 Å². The molecule has 3 rings (SSSR count). The molecule has 0 unspecified atom stereocenters. The molecular formula is C20H26N4O3. The molecule has 2 heterocycles. The zero-order chi connectivity index (χ0) is 19.4. The average molecular weight is 370 g/mol. The van der Waals surface area contributed by atoms with Crippen molar-refractivity contribution in [3.8, 4) is 0 Å². The summed E-state index contributed by atoms with van der Waals surface area (Å²) in [5.41, 5.74) is 9.23. The summed E-state index contributed by atoms with van der Waals surface area (Å²) in [6, 6.07) is 7.58. The van der Waals surface area contributed by atoms with E-state index in [-0.39, 0.29) is 11.7 Å². The van der Waals surface area contributed by atoms with E-state index in [0.717, 1.165) is 30.3 Å². The molecule has 0 fully saturated rings. The Balaban J connectivity index is 2.11. The van der Waals surface area contributed by atoms with Gasteiger partial charge in [0.25, 0.3) is 0 Å². The van der Waals surface area contributed by atoms with Crippen LogP contribution in [0, 0.1) is 0 Å². The van der Waals surface area contributed by atoms with Crippen LogP contribution in [0.5, 0.6) is 0 Å². The number of carbonyl (C=O) groups excluding carboxylic acids is 1. The van der Waals surface area contributed by atoms with Gasteiger partial charge in [0.05, 0.1) is 17.6 Å². The number of methoxy groups -OCH3 is 1. The first-order valence-corrected chi connectivity index (χ1v) is 9.31. The number of hydrogen-bond acceptors (Lipinski definition) is 6. The predicted molar refractivity (Wildman–Crippen MR) is 106 cm³/mol. The third-order valence-corrected chi connectivity index (χ3v) is 4.49. The smallest absolute Gasteiger partial charge is 0.344 e. The van der Waals surface area contributed by atoms with Gasteiger partial charge < -0.3 is 19.8 Å². The Morgan fingerprint density at radius 1 is 1.22 bits per heavy atom. The Morgan fingerprint density at radius 2 is 1.93 bits per heavy atom. The highest BCUT2D eigenvalue weighted by atomic mass is 16.6. The Hall–Kier alpha value is -2.67. The minimum absolute atomic E-state index is 0.280. The second kappa shape index (κ2) is 8.35. The summed E-state index contributed by atoms with van der Waals surface area (Å²) in [7, 11) is 1.57. The second-order valence-electron chi connectivity index (χ2n) is 6.67. The summed E-state index contributed by atoms with van der Waals surface area (Å²) in [5.74, 6) is -0.146. The fraction of sp³-hybridized carbons (Fsp3) is 0.450. The molecular weight excluding hydrogens is 344 g/mol. The zero-order valence-electron chi connectivity index (χ0n) is 16.1. The van der Waals surface area contributed by atoms with Gasteiger partial charge in [-0.05, 0) is 25.5 Å². The normalized spacial score (nSPS) is 12.6. The Kier molecular flexibility index (Phi) is 5.91. The van der Waals surface area contributed by atoms with Crippen molar-refractivity contribution >= 4 is 34.0 Å². The minimum Gasteiger partial charge on any atom is -0.456 e. The number of hydrogen-bond donors (Lipinski definition) is 1. The first-order chi connectivity index (χ1) is 13.1. The maximum atomic E-state index is 12.8. The van der Waals surface area contributed by atoms with E-state index in [2.05, 4.69) is 11.9 Å². The number of para-hydroxylation sites is 2. The quantitative estimate of drug-likeness (QED) is 0.481. The third-order valence-electron chi connectivity index (χ3n) is 4.49. The van der Waals surface area contributed by atoms with Crippen molar-refractivity contribution in [1.29, 1.82) is 0 Å². The van der Waals surface area contributed by atoms with Gasteiger partial charge in [-0.15, -0.1) is 0 Å². The highest BCUT2D eigenvalue weighted by molar-refractivity contribution is 6.08. The molecule has 0 saturated carbocycles. The topological polar surface area (TPSA) is 92.3 Å². The van der Waals surface area contributed by atoms with Crippen LogP contribution >= 0.6 is 0 Å². The van der Waals surface area contributed by atoms with E-state index in [1.807, 2.05) is 28.8 Å². The molecule has 0 saturated heterocycles. The molecule has 3 aromatic rings.